The van der Waals surface area contributed by atoms with Crippen LogP contribution >= 0.6 is 0 Å². The highest BCUT2D eigenvalue weighted by atomic mass is 14.8. The number of aryl methyl sites for hydroxylation is 1. The Morgan fingerprint density at radius 3 is 2.57 bits per heavy atom. The lowest BCUT2D eigenvalue weighted by molar-refractivity contribution is 0.649. The summed E-state index contributed by atoms with van der Waals surface area (Å²) < 4.78 is 0. The number of hydrogen-bond donors (Lipinski definition) is 0. The molecule has 1 aromatic carbocycles. The summed E-state index contributed by atoms with van der Waals surface area (Å²) in [7, 11) is 0. The Hall–Kier alpha value is -1.11. The predicted octanol–water partition coefficient (Wildman–Crippen LogP) is 3.36. The number of hydrogen-bond acceptors (Lipinski definition) is 1. The Morgan fingerprint density at radius 1 is 1.29 bits per heavy atom. The van der Waals surface area contributed by atoms with Crippen LogP contribution in [0.15, 0.2) is 29.3 Å². The fourth-order valence-electron chi connectivity index (χ4n) is 1.91. The average molecular weight is 187 g/mol. The lowest BCUT2D eigenvalue weighted by Crippen LogP contribution is -1.95. The maximum Gasteiger partial charge on any atom is 0.0504 e. The smallest absolute Gasteiger partial charge is 0.0504 e. The highest BCUT2D eigenvalue weighted by Gasteiger charge is 2.16. The van der Waals surface area contributed by atoms with Gasteiger partial charge < -0.3 is 0 Å². The predicted molar refractivity (Wildman–Crippen MR) is 61.0 cm³/mol. The summed E-state index contributed by atoms with van der Waals surface area (Å²) in [5, 5.41) is 0. The Morgan fingerprint density at radius 2 is 2.00 bits per heavy atom. The molecule has 74 valence electrons. The minimum absolute atomic E-state index is 0.575. The molecule has 1 aliphatic heterocycles. The molecule has 14 heavy (non-hydrogen) atoms. The highest BCUT2D eigenvalue weighted by molar-refractivity contribution is 6.01. The summed E-state index contributed by atoms with van der Waals surface area (Å²) in [6, 6.07) is 9.28. The van der Waals surface area contributed by atoms with Crippen LogP contribution in [0.2, 0.25) is 0 Å². The molecule has 0 bridgehead atoms. The summed E-state index contributed by atoms with van der Waals surface area (Å²) in [4.78, 5) is 4.72. The first kappa shape index (κ1) is 9.45. The van der Waals surface area contributed by atoms with Crippen LogP contribution in [0.4, 0.5) is 0 Å². The molecule has 1 atom stereocenters. The van der Waals surface area contributed by atoms with E-state index >= 15 is 0 Å². The van der Waals surface area contributed by atoms with Crippen molar-refractivity contribution in [1.82, 2.24) is 0 Å². The zero-order chi connectivity index (χ0) is 9.97. The molecule has 1 nitrogen and oxygen atoms in total. The van der Waals surface area contributed by atoms with E-state index in [1.54, 1.807) is 0 Å². The Kier molecular flexibility index (Phi) is 2.67. The summed E-state index contributed by atoms with van der Waals surface area (Å²) >= 11 is 0. The molecule has 2 rings (SSSR count). The third kappa shape index (κ3) is 1.87. The van der Waals surface area contributed by atoms with Gasteiger partial charge in [0.2, 0.25) is 0 Å². The lowest BCUT2D eigenvalue weighted by Gasteiger charge is -2.00. The first-order chi connectivity index (χ1) is 6.79. The highest BCUT2D eigenvalue weighted by Crippen LogP contribution is 2.20. The zero-order valence-corrected chi connectivity index (χ0v) is 8.96. The second-order valence-corrected chi connectivity index (χ2v) is 4.04. The Bertz CT molecular complexity index is 335. The molecular formula is C13H17N. The van der Waals surface area contributed by atoms with Gasteiger partial charge in [0.25, 0.3) is 0 Å². The van der Waals surface area contributed by atoms with Crippen LogP contribution in [0.5, 0.6) is 0 Å². The fraction of sp³-hybridized carbons (Fsp3) is 0.462. The molecule has 0 unspecified atom stereocenters. The topological polar surface area (TPSA) is 12.4 Å². The molecular weight excluding hydrogens is 170 g/mol. The largest absolute Gasteiger partial charge is 0.286 e. The summed E-state index contributed by atoms with van der Waals surface area (Å²) in [5.74, 6) is 0. The van der Waals surface area contributed by atoms with Gasteiger partial charge in [-0.1, -0.05) is 36.8 Å². The van der Waals surface area contributed by atoms with Crippen molar-refractivity contribution < 1.29 is 0 Å². The maximum absolute atomic E-state index is 4.72. The van der Waals surface area contributed by atoms with E-state index in [9.17, 15) is 0 Å². The first-order valence-corrected chi connectivity index (χ1v) is 5.43. The van der Waals surface area contributed by atoms with Crippen molar-refractivity contribution in [3.8, 4) is 0 Å². The molecule has 0 aromatic heterocycles. The standard InChI is InChI=1S/C13H17N/c1-3-12-8-9-13(14-12)11-6-4-10(2)5-7-11/h4-7,12H,3,8-9H2,1-2H3/t12-/m0/s1. The van der Waals surface area contributed by atoms with E-state index in [4.69, 9.17) is 4.99 Å². The van der Waals surface area contributed by atoms with Crippen molar-refractivity contribution >= 4 is 5.71 Å². The van der Waals surface area contributed by atoms with Crippen LogP contribution in [-0.2, 0) is 0 Å². The van der Waals surface area contributed by atoms with Gasteiger partial charge in [0.1, 0.15) is 0 Å². The van der Waals surface area contributed by atoms with Gasteiger partial charge in [-0.3, -0.25) is 4.99 Å². The third-order valence-electron chi connectivity index (χ3n) is 2.91. The minimum atomic E-state index is 0.575. The second kappa shape index (κ2) is 3.95. The van der Waals surface area contributed by atoms with Crippen LogP contribution in [0.1, 0.15) is 37.3 Å². The van der Waals surface area contributed by atoms with E-state index in [0.29, 0.717) is 6.04 Å². The summed E-state index contributed by atoms with van der Waals surface area (Å²) in [5.41, 5.74) is 3.93. The van der Waals surface area contributed by atoms with E-state index in [0.717, 1.165) is 6.42 Å². The number of rotatable bonds is 2. The SMILES string of the molecule is CC[C@H]1CCC(c2ccc(C)cc2)=N1. The molecule has 1 aliphatic rings. The third-order valence-corrected chi connectivity index (χ3v) is 2.91. The van der Waals surface area contributed by atoms with Crippen molar-refractivity contribution in [2.24, 2.45) is 4.99 Å². The molecule has 0 amide bonds. The molecule has 1 aromatic rings. The lowest BCUT2D eigenvalue weighted by atomic mass is 10.1. The van der Waals surface area contributed by atoms with E-state index in [1.807, 2.05) is 0 Å². The molecule has 1 heteroatoms. The normalized spacial score (nSPS) is 21.0. The summed E-state index contributed by atoms with van der Waals surface area (Å²) in [6.07, 6.45) is 3.57. The van der Waals surface area contributed by atoms with Crippen LogP contribution in [-0.4, -0.2) is 11.8 Å². The zero-order valence-electron chi connectivity index (χ0n) is 8.96. The van der Waals surface area contributed by atoms with Crippen LogP contribution in [0, 0.1) is 6.92 Å². The summed E-state index contributed by atoms with van der Waals surface area (Å²) in [6.45, 7) is 4.33. The van der Waals surface area contributed by atoms with Crippen molar-refractivity contribution in [3.63, 3.8) is 0 Å². The number of benzene rings is 1. The Balaban J connectivity index is 2.20. The quantitative estimate of drug-likeness (QED) is 0.673. The van der Waals surface area contributed by atoms with E-state index in [-0.39, 0.29) is 0 Å². The van der Waals surface area contributed by atoms with Gasteiger partial charge in [0, 0.05) is 5.71 Å². The molecule has 0 saturated heterocycles. The molecule has 0 saturated carbocycles. The van der Waals surface area contributed by atoms with Gasteiger partial charge in [0.15, 0.2) is 0 Å². The van der Waals surface area contributed by atoms with E-state index < -0.39 is 0 Å². The maximum atomic E-state index is 4.72. The van der Waals surface area contributed by atoms with E-state index in [2.05, 4.69) is 38.1 Å². The van der Waals surface area contributed by atoms with Gasteiger partial charge in [-0.05, 0) is 31.7 Å². The first-order valence-electron chi connectivity index (χ1n) is 5.43. The minimum Gasteiger partial charge on any atom is -0.286 e. The average Bonchev–Trinajstić information content (AvgIpc) is 2.67. The van der Waals surface area contributed by atoms with Crippen molar-refractivity contribution in [3.05, 3.63) is 35.4 Å². The van der Waals surface area contributed by atoms with Gasteiger partial charge in [0.05, 0.1) is 6.04 Å². The van der Waals surface area contributed by atoms with Crippen LogP contribution in [0.3, 0.4) is 0 Å². The van der Waals surface area contributed by atoms with Crippen molar-refractivity contribution in [2.45, 2.75) is 39.2 Å². The van der Waals surface area contributed by atoms with Crippen LogP contribution < -0.4 is 0 Å². The fourth-order valence-corrected chi connectivity index (χ4v) is 1.91. The molecule has 0 radical (unpaired) electrons. The molecule has 0 fully saturated rings. The van der Waals surface area contributed by atoms with Gasteiger partial charge >= 0.3 is 0 Å². The van der Waals surface area contributed by atoms with Crippen LogP contribution in [0.25, 0.3) is 0 Å². The van der Waals surface area contributed by atoms with E-state index in [1.165, 1.54) is 29.7 Å². The van der Waals surface area contributed by atoms with Gasteiger partial charge in [-0.15, -0.1) is 0 Å². The molecule has 1 heterocycles. The number of aliphatic imine (C=N–C) groups is 1. The van der Waals surface area contributed by atoms with Gasteiger partial charge in [-0.2, -0.15) is 0 Å². The molecule has 0 N–H and O–H groups in total. The monoisotopic (exact) mass is 187 g/mol. The van der Waals surface area contributed by atoms with Crippen molar-refractivity contribution in [2.75, 3.05) is 0 Å². The number of nitrogens with zero attached hydrogens (tertiary/aromatic N) is 1. The molecule has 0 aliphatic carbocycles. The molecule has 0 spiro atoms. The Labute approximate surface area is 85.9 Å². The van der Waals surface area contributed by atoms with Crippen molar-refractivity contribution in [1.29, 1.82) is 0 Å². The second-order valence-electron chi connectivity index (χ2n) is 4.04. The van der Waals surface area contributed by atoms with Gasteiger partial charge in [-0.25, -0.2) is 0 Å².